The monoisotopic (exact) mass is 425 g/mol. The van der Waals surface area contributed by atoms with Gasteiger partial charge in [0, 0.05) is 12.6 Å². The van der Waals surface area contributed by atoms with Gasteiger partial charge in [0.25, 0.3) is 6.43 Å². The third-order valence-corrected chi connectivity index (χ3v) is 5.39. The van der Waals surface area contributed by atoms with Gasteiger partial charge in [0.1, 0.15) is 16.5 Å². The van der Waals surface area contributed by atoms with E-state index in [1.165, 1.54) is 14.0 Å². The van der Waals surface area contributed by atoms with Crippen LogP contribution in [-0.2, 0) is 17.1 Å². The maximum Gasteiger partial charge on any atom is 0.297 e. The Hall–Kier alpha value is -1.99. The second-order valence-electron chi connectivity index (χ2n) is 5.13. The first-order valence-corrected chi connectivity index (χ1v) is 9.53. The minimum Gasteiger partial charge on any atom is -0.389 e. The molecule has 13 heteroatoms. The van der Waals surface area contributed by atoms with Crippen molar-refractivity contribution < 1.29 is 21.6 Å². The number of benzene rings is 1. The maximum absolute atomic E-state index is 14.5. The van der Waals surface area contributed by atoms with E-state index in [2.05, 4.69) is 9.82 Å². The average molecular weight is 425 g/mol. The van der Waals surface area contributed by atoms with Crippen molar-refractivity contribution in [3.63, 3.8) is 0 Å². The van der Waals surface area contributed by atoms with Gasteiger partial charge in [-0.25, -0.2) is 26.3 Å². The summed E-state index contributed by atoms with van der Waals surface area (Å²) in [4.78, 5) is -0.248. The number of nitrogens with two attached hydrogens (primary N) is 1. The molecular weight excluding hydrogens is 411 g/mol. The van der Waals surface area contributed by atoms with E-state index in [1.807, 2.05) is 0 Å². The molecule has 0 radical (unpaired) electrons. The average Bonchev–Trinajstić information content (AvgIpc) is 2.84. The van der Waals surface area contributed by atoms with Gasteiger partial charge in [0.15, 0.2) is 5.82 Å². The van der Waals surface area contributed by atoms with E-state index in [4.69, 9.17) is 30.2 Å². The lowest BCUT2D eigenvalue weighted by atomic mass is 10.1. The number of rotatable bonds is 6. The lowest BCUT2D eigenvalue weighted by Crippen LogP contribution is -2.20. The first kappa shape index (κ1) is 20.3. The fourth-order valence-corrected chi connectivity index (χ4v) is 3.10. The summed E-state index contributed by atoms with van der Waals surface area (Å²) in [5, 5.41) is 3.62. The summed E-state index contributed by atoms with van der Waals surface area (Å²) in [6.07, 6.45) is -2.93. The largest absolute Gasteiger partial charge is 0.389 e. The number of hydrogen-bond donors (Lipinski definition) is 2. The summed E-state index contributed by atoms with van der Waals surface area (Å²) in [6.45, 7) is 1.40. The minimum atomic E-state index is -3.74. The van der Waals surface area contributed by atoms with Crippen LogP contribution in [0.1, 0.15) is 24.7 Å². The molecule has 0 saturated carbocycles. The van der Waals surface area contributed by atoms with E-state index in [0.717, 1.165) is 21.4 Å². The van der Waals surface area contributed by atoms with Crippen LogP contribution in [0.2, 0.25) is 0 Å². The molecular formula is C13H14F3N5O2S3. The number of thiocarbonyl (C=S) groups is 1. The van der Waals surface area contributed by atoms with Crippen molar-refractivity contribution in [2.24, 2.45) is 12.8 Å². The van der Waals surface area contributed by atoms with Crippen molar-refractivity contribution in [3.8, 4) is 5.69 Å². The van der Waals surface area contributed by atoms with Gasteiger partial charge in [0.2, 0.25) is 14.8 Å². The van der Waals surface area contributed by atoms with E-state index >= 15 is 0 Å². The Bertz CT molecular complexity index is 1030. The van der Waals surface area contributed by atoms with Crippen molar-refractivity contribution in [2.75, 3.05) is 10.5 Å². The second-order valence-corrected chi connectivity index (χ2v) is 7.95. The van der Waals surface area contributed by atoms with Gasteiger partial charge in [0.05, 0.1) is 11.4 Å². The molecule has 0 bridgehead atoms. The summed E-state index contributed by atoms with van der Waals surface area (Å²) < 4.78 is 67.9. The van der Waals surface area contributed by atoms with Crippen LogP contribution in [0.4, 0.5) is 18.9 Å². The quantitative estimate of drug-likeness (QED) is 0.691. The third-order valence-electron chi connectivity index (χ3n) is 3.44. The second kappa shape index (κ2) is 7.32. The highest BCUT2D eigenvalue weighted by atomic mass is 32.2. The fraction of sp³-hybridized carbons (Fsp3) is 0.308. The van der Waals surface area contributed by atoms with Crippen LogP contribution in [0.5, 0.6) is 0 Å². The SMILES string of the molecule is CCS(=O)(=O)Nc1cc(-n2nc(C(F)F)n(C)c2=S)c(F)cc1C(N)=S. The molecule has 0 fully saturated rings. The lowest BCUT2D eigenvalue weighted by Gasteiger charge is -2.13. The first-order valence-electron chi connectivity index (χ1n) is 7.06. The number of sulfonamides is 1. The Morgan fingerprint density at radius 1 is 1.42 bits per heavy atom. The molecule has 0 saturated heterocycles. The molecule has 142 valence electrons. The molecule has 0 aliphatic heterocycles. The van der Waals surface area contributed by atoms with Gasteiger partial charge in [-0.15, -0.1) is 5.10 Å². The highest BCUT2D eigenvalue weighted by Crippen LogP contribution is 2.26. The summed E-state index contributed by atoms with van der Waals surface area (Å²) in [6, 6.07) is 1.94. The number of anilines is 1. The van der Waals surface area contributed by atoms with Crippen LogP contribution in [-0.4, -0.2) is 33.5 Å². The van der Waals surface area contributed by atoms with Crippen LogP contribution in [0.3, 0.4) is 0 Å². The molecule has 26 heavy (non-hydrogen) atoms. The van der Waals surface area contributed by atoms with Gasteiger partial charge in [-0.1, -0.05) is 12.2 Å². The Morgan fingerprint density at radius 3 is 2.50 bits per heavy atom. The molecule has 2 aromatic rings. The topological polar surface area (TPSA) is 94.9 Å². The van der Waals surface area contributed by atoms with Crippen molar-refractivity contribution in [1.82, 2.24) is 14.3 Å². The number of hydrogen-bond acceptors (Lipinski definition) is 5. The van der Waals surface area contributed by atoms with Crippen molar-refractivity contribution in [3.05, 3.63) is 34.1 Å². The molecule has 0 aliphatic carbocycles. The van der Waals surface area contributed by atoms with Crippen LogP contribution in [0.25, 0.3) is 5.69 Å². The van der Waals surface area contributed by atoms with Crippen molar-refractivity contribution in [2.45, 2.75) is 13.3 Å². The number of nitrogens with one attached hydrogen (secondary N) is 1. The van der Waals surface area contributed by atoms with Crippen LogP contribution >= 0.6 is 24.4 Å². The predicted molar refractivity (Wildman–Crippen MR) is 97.3 cm³/mol. The first-order chi connectivity index (χ1) is 12.0. The van der Waals surface area contributed by atoms with Crippen molar-refractivity contribution in [1.29, 1.82) is 0 Å². The Labute approximate surface area is 157 Å². The third kappa shape index (κ3) is 3.88. The minimum absolute atomic E-state index is 0.0604. The number of alkyl halides is 2. The van der Waals surface area contributed by atoms with Crippen LogP contribution in [0.15, 0.2) is 12.1 Å². The molecule has 1 aromatic carbocycles. The van der Waals surface area contributed by atoms with E-state index in [1.54, 1.807) is 0 Å². The maximum atomic E-state index is 14.5. The molecule has 0 atom stereocenters. The standard InChI is InChI=1S/C13H14F3N5O2S3/c1-3-26(22,23)19-8-5-9(7(14)4-6(8)11(17)24)21-13(25)20(2)12(18-21)10(15)16/h4-5,10,19H,3H2,1-2H3,(H2,17,24). The zero-order valence-electron chi connectivity index (χ0n) is 13.5. The highest BCUT2D eigenvalue weighted by molar-refractivity contribution is 7.92. The van der Waals surface area contributed by atoms with Gasteiger partial charge in [-0.3, -0.25) is 4.72 Å². The van der Waals surface area contributed by atoms with Gasteiger partial charge in [-0.2, -0.15) is 0 Å². The normalized spacial score (nSPS) is 11.8. The molecule has 1 aromatic heterocycles. The van der Waals surface area contributed by atoms with Crippen molar-refractivity contribution >= 4 is 45.1 Å². The zero-order valence-corrected chi connectivity index (χ0v) is 16.0. The summed E-state index contributed by atoms with van der Waals surface area (Å²) in [5.74, 6) is -1.83. The van der Waals surface area contributed by atoms with E-state index in [9.17, 15) is 21.6 Å². The summed E-state index contributed by atoms with van der Waals surface area (Å²) in [5.41, 5.74) is 5.02. The number of halogens is 3. The molecule has 0 unspecified atom stereocenters. The van der Waals surface area contributed by atoms with E-state index in [0.29, 0.717) is 0 Å². The van der Waals surface area contributed by atoms with Gasteiger partial charge >= 0.3 is 0 Å². The zero-order chi connectivity index (χ0) is 19.8. The molecule has 0 amide bonds. The van der Waals surface area contributed by atoms with Gasteiger partial charge in [-0.05, 0) is 31.3 Å². The number of aromatic nitrogens is 3. The molecule has 0 spiro atoms. The molecule has 3 N–H and O–H groups in total. The highest BCUT2D eigenvalue weighted by Gasteiger charge is 2.22. The lowest BCUT2D eigenvalue weighted by molar-refractivity contribution is 0.136. The Balaban J connectivity index is 2.74. The Morgan fingerprint density at radius 2 is 2.04 bits per heavy atom. The van der Waals surface area contributed by atoms with Crippen LogP contribution < -0.4 is 10.5 Å². The molecule has 7 nitrogen and oxygen atoms in total. The molecule has 0 aliphatic rings. The van der Waals surface area contributed by atoms with E-state index < -0.39 is 28.1 Å². The number of nitrogens with zero attached hydrogens (tertiary/aromatic N) is 3. The molecule has 2 rings (SSSR count). The van der Waals surface area contributed by atoms with E-state index in [-0.39, 0.29) is 32.5 Å². The van der Waals surface area contributed by atoms with Gasteiger partial charge < -0.3 is 10.3 Å². The Kier molecular flexibility index (Phi) is 5.73. The summed E-state index contributed by atoms with van der Waals surface area (Å²) >= 11 is 9.82. The summed E-state index contributed by atoms with van der Waals surface area (Å²) in [7, 11) is -2.48. The smallest absolute Gasteiger partial charge is 0.297 e. The predicted octanol–water partition coefficient (Wildman–Crippen LogP) is 2.41. The van der Waals surface area contributed by atoms with Crippen LogP contribution in [0, 0.1) is 10.6 Å². The fourth-order valence-electron chi connectivity index (χ4n) is 2.05. The molecule has 1 heterocycles.